The van der Waals surface area contributed by atoms with Gasteiger partial charge in [0.25, 0.3) is 0 Å². The molecule has 0 unspecified atom stereocenters. The fourth-order valence-corrected chi connectivity index (χ4v) is 1.99. The minimum atomic E-state index is -0.341. The minimum absolute atomic E-state index is 0.341. The predicted molar refractivity (Wildman–Crippen MR) is 73.5 cm³/mol. The minimum Gasteiger partial charge on any atom is -0.243 e. The van der Waals surface area contributed by atoms with Crippen molar-refractivity contribution in [3.8, 4) is 0 Å². The third-order valence-electron chi connectivity index (χ3n) is 3.08. The van der Waals surface area contributed by atoms with E-state index in [0.717, 1.165) is 23.3 Å². The molecule has 0 saturated heterocycles. The number of hydrogen-bond acceptors (Lipinski definition) is 5. The van der Waals surface area contributed by atoms with E-state index in [0.29, 0.717) is 12.2 Å². The highest BCUT2D eigenvalue weighted by molar-refractivity contribution is 5.77. The van der Waals surface area contributed by atoms with Crippen LogP contribution in [0.2, 0.25) is 0 Å². The fraction of sp³-hybridized carbons (Fsp3) is 0.615. The first kappa shape index (κ1) is 14.4. The summed E-state index contributed by atoms with van der Waals surface area (Å²) in [5.74, 6) is 1.39. The zero-order valence-electron chi connectivity index (χ0n) is 12.0. The van der Waals surface area contributed by atoms with Gasteiger partial charge in [-0.15, -0.1) is 5.10 Å². The summed E-state index contributed by atoms with van der Waals surface area (Å²) in [5.41, 5.74) is 0. The molecule has 0 fully saturated rings. The normalized spacial score (nSPS) is 10.9. The average molecular weight is 276 g/mol. The molecule has 108 valence electrons. The Hall–Kier alpha value is -2.05. The molecule has 0 amide bonds. The zero-order valence-corrected chi connectivity index (χ0v) is 12.0. The molecule has 0 aliphatic carbocycles. The molecule has 0 spiro atoms. The molecular weight excluding hydrogens is 256 g/mol. The van der Waals surface area contributed by atoms with Gasteiger partial charge in [-0.1, -0.05) is 33.1 Å². The lowest BCUT2D eigenvalue weighted by atomic mass is 10.1. The lowest BCUT2D eigenvalue weighted by Gasteiger charge is -2.00. The standard InChI is InChI=1S/C13H20N6O/c1-3-5-6-7-8-11-16-12(4-2)19(17-11)13(20)18-10-14-9-15-18/h9-10H,3-8H2,1-2H3. The summed E-state index contributed by atoms with van der Waals surface area (Å²) in [6, 6.07) is -0.341. The van der Waals surface area contributed by atoms with Crippen LogP contribution < -0.4 is 0 Å². The van der Waals surface area contributed by atoms with Gasteiger partial charge in [0.1, 0.15) is 18.5 Å². The van der Waals surface area contributed by atoms with Crippen molar-refractivity contribution in [3.63, 3.8) is 0 Å². The van der Waals surface area contributed by atoms with Gasteiger partial charge in [-0.2, -0.15) is 14.5 Å². The Morgan fingerprint density at radius 2 is 2.10 bits per heavy atom. The van der Waals surface area contributed by atoms with Crippen LogP contribution in [0.1, 0.15) is 51.2 Å². The molecule has 7 nitrogen and oxygen atoms in total. The van der Waals surface area contributed by atoms with Crippen LogP contribution in [0.4, 0.5) is 4.79 Å². The highest BCUT2D eigenvalue weighted by Crippen LogP contribution is 2.07. The van der Waals surface area contributed by atoms with Crippen molar-refractivity contribution in [2.75, 3.05) is 0 Å². The van der Waals surface area contributed by atoms with E-state index in [1.807, 2.05) is 6.92 Å². The molecule has 2 rings (SSSR count). The number of carbonyl (C=O) groups is 1. The van der Waals surface area contributed by atoms with Crippen molar-refractivity contribution in [3.05, 3.63) is 24.3 Å². The molecule has 2 aromatic heterocycles. The van der Waals surface area contributed by atoms with Crippen LogP contribution in [-0.2, 0) is 12.8 Å². The van der Waals surface area contributed by atoms with Crippen molar-refractivity contribution in [1.82, 2.24) is 29.5 Å². The number of unbranched alkanes of at least 4 members (excludes halogenated alkanes) is 3. The Balaban J connectivity index is 2.09. The third kappa shape index (κ3) is 3.28. The second kappa shape index (κ2) is 6.93. The van der Waals surface area contributed by atoms with Crippen LogP contribution >= 0.6 is 0 Å². The quantitative estimate of drug-likeness (QED) is 0.755. The Kier molecular flexibility index (Phi) is 4.97. The van der Waals surface area contributed by atoms with Crippen molar-refractivity contribution in [1.29, 1.82) is 0 Å². The van der Waals surface area contributed by atoms with Gasteiger partial charge in [0, 0.05) is 12.8 Å². The molecule has 7 heteroatoms. The van der Waals surface area contributed by atoms with Gasteiger partial charge in [0.15, 0.2) is 5.82 Å². The lowest BCUT2D eigenvalue weighted by Crippen LogP contribution is -2.23. The van der Waals surface area contributed by atoms with Crippen LogP contribution in [-0.4, -0.2) is 35.6 Å². The first-order valence-corrected chi connectivity index (χ1v) is 7.10. The van der Waals surface area contributed by atoms with E-state index in [-0.39, 0.29) is 6.03 Å². The van der Waals surface area contributed by atoms with Gasteiger partial charge in [0.05, 0.1) is 0 Å². The molecule has 0 atom stereocenters. The fourth-order valence-electron chi connectivity index (χ4n) is 1.99. The topological polar surface area (TPSA) is 78.5 Å². The lowest BCUT2D eigenvalue weighted by molar-refractivity contribution is 0.237. The van der Waals surface area contributed by atoms with Crippen molar-refractivity contribution in [2.45, 2.75) is 52.4 Å². The van der Waals surface area contributed by atoms with E-state index in [1.165, 1.54) is 36.6 Å². The summed E-state index contributed by atoms with van der Waals surface area (Å²) < 4.78 is 2.48. The molecule has 0 saturated carbocycles. The van der Waals surface area contributed by atoms with Crippen molar-refractivity contribution >= 4 is 6.03 Å². The Morgan fingerprint density at radius 3 is 2.75 bits per heavy atom. The van der Waals surface area contributed by atoms with Crippen molar-refractivity contribution in [2.24, 2.45) is 0 Å². The Bertz CT molecular complexity index is 545. The van der Waals surface area contributed by atoms with Gasteiger partial charge in [-0.3, -0.25) is 0 Å². The number of carbonyl (C=O) groups excluding carboxylic acids is 1. The summed E-state index contributed by atoms with van der Waals surface area (Å²) in [4.78, 5) is 20.4. The highest BCUT2D eigenvalue weighted by Gasteiger charge is 2.16. The van der Waals surface area contributed by atoms with Gasteiger partial charge >= 0.3 is 6.03 Å². The van der Waals surface area contributed by atoms with Gasteiger partial charge in [-0.25, -0.2) is 14.8 Å². The van der Waals surface area contributed by atoms with Crippen LogP contribution in [0.25, 0.3) is 0 Å². The first-order chi connectivity index (χ1) is 9.76. The maximum absolute atomic E-state index is 12.2. The van der Waals surface area contributed by atoms with E-state index in [9.17, 15) is 4.79 Å². The summed E-state index contributed by atoms with van der Waals surface area (Å²) in [6.07, 6.45) is 8.80. The van der Waals surface area contributed by atoms with Crippen LogP contribution in [0.3, 0.4) is 0 Å². The van der Waals surface area contributed by atoms with Crippen LogP contribution in [0.5, 0.6) is 0 Å². The molecule has 0 bridgehead atoms. The molecule has 0 aromatic carbocycles. The zero-order chi connectivity index (χ0) is 14.4. The average Bonchev–Trinajstić information content (AvgIpc) is 3.12. The molecule has 0 aliphatic rings. The summed E-state index contributed by atoms with van der Waals surface area (Å²) in [6.45, 7) is 4.13. The van der Waals surface area contributed by atoms with Gasteiger partial charge < -0.3 is 0 Å². The van der Waals surface area contributed by atoms with E-state index >= 15 is 0 Å². The Morgan fingerprint density at radius 1 is 1.25 bits per heavy atom. The Labute approximate surface area is 118 Å². The van der Waals surface area contributed by atoms with Crippen molar-refractivity contribution < 1.29 is 4.79 Å². The molecule has 0 aliphatic heterocycles. The number of rotatable bonds is 6. The maximum atomic E-state index is 12.2. The number of nitrogens with zero attached hydrogens (tertiary/aromatic N) is 6. The molecule has 0 radical (unpaired) electrons. The summed E-state index contributed by atoms with van der Waals surface area (Å²) >= 11 is 0. The van der Waals surface area contributed by atoms with Crippen LogP contribution in [0.15, 0.2) is 12.7 Å². The second-order valence-corrected chi connectivity index (χ2v) is 4.64. The smallest absolute Gasteiger partial charge is 0.243 e. The number of aryl methyl sites for hydroxylation is 2. The molecule has 20 heavy (non-hydrogen) atoms. The van der Waals surface area contributed by atoms with E-state index < -0.39 is 0 Å². The van der Waals surface area contributed by atoms with Crippen LogP contribution in [0, 0.1) is 0 Å². The monoisotopic (exact) mass is 276 g/mol. The first-order valence-electron chi connectivity index (χ1n) is 7.10. The SMILES string of the molecule is CCCCCCc1nc(CC)n(C(=O)n2cncn2)n1. The van der Waals surface area contributed by atoms with E-state index in [4.69, 9.17) is 0 Å². The summed E-state index contributed by atoms with van der Waals surface area (Å²) in [7, 11) is 0. The largest absolute Gasteiger partial charge is 0.372 e. The molecule has 0 N–H and O–H groups in total. The van der Waals surface area contributed by atoms with Gasteiger partial charge in [0.2, 0.25) is 0 Å². The maximum Gasteiger partial charge on any atom is 0.372 e. The number of aromatic nitrogens is 6. The van der Waals surface area contributed by atoms with Gasteiger partial charge in [-0.05, 0) is 6.42 Å². The summed E-state index contributed by atoms with van der Waals surface area (Å²) in [5, 5.41) is 8.13. The third-order valence-corrected chi connectivity index (χ3v) is 3.08. The predicted octanol–water partition coefficient (Wildman–Crippen LogP) is 2.07. The molecule has 2 heterocycles. The second-order valence-electron chi connectivity index (χ2n) is 4.64. The number of hydrogen-bond donors (Lipinski definition) is 0. The highest BCUT2D eigenvalue weighted by atomic mass is 16.2. The molecule has 2 aromatic rings. The molecular formula is C13H20N6O. The van der Waals surface area contributed by atoms with E-state index in [2.05, 4.69) is 27.1 Å². The van der Waals surface area contributed by atoms with E-state index in [1.54, 1.807) is 0 Å².